The number of fused-ring (bicyclic) bond motifs is 1. The number of halogens is 4. The number of rotatable bonds is 8. The number of nitrogens with zero attached hydrogens (tertiary/aromatic N) is 4. The van der Waals surface area contributed by atoms with E-state index in [1.54, 1.807) is 31.2 Å². The van der Waals surface area contributed by atoms with Crippen LogP contribution in [-0.4, -0.2) is 86.0 Å². The van der Waals surface area contributed by atoms with Gasteiger partial charge in [-0.2, -0.15) is 0 Å². The molecule has 2 aliphatic rings. The Kier molecular flexibility index (Phi) is 10.7. The first-order valence-electron chi connectivity index (χ1n) is 14.6. The Morgan fingerprint density at radius 1 is 1.13 bits per heavy atom. The van der Waals surface area contributed by atoms with Gasteiger partial charge in [-0.1, -0.05) is 42.3 Å². The fourth-order valence-electron chi connectivity index (χ4n) is 6.00. The van der Waals surface area contributed by atoms with Crippen LogP contribution in [-0.2, 0) is 27.4 Å². The van der Waals surface area contributed by atoms with Crippen molar-refractivity contribution >= 4 is 35.1 Å². The third-order valence-electron chi connectivity index (χ3n) is 8.66. The van der Waals surface area contributed by atoms with Crippen LogP contribution in [0.5, 0.6) is 0 Å². The number of ether oxygens (including phenoxy) is 1. The fraction of sp³-hybridized carbons (Fsp3) is 0.438. The number of carboxylic acids is 1. The van der Waals surface area contributed by atoms with E-state index in [4.69, 9.17) is 38.2 Å². The molecule has 0 spiro atoms. The lowest BCUT2D eigenvalue weighted by molar-refractivity contribution is -0.145. The summed E-state index contributed by atoms with van der Waals surface area (Å²) in [6.07, 6.45) is 1.72. The van der Waals surface area contributed by atoms with E-state index in [0.29, 0.717) is 28.7 Å². The number of carboxylic acid groups (broad SMARTS) is 1. The lowest BCUT2D eigenvalue weighted by Gasteiger charge is -2.45. The molecule has 3 heterocycles. The molecule has 1 saturated heterocycles. The van der Waals surface area contributed by atoms with Crippen LogP contribution in [0.1, 0.15) is 66.0 Å². The van der Waals surface area contributed by atoms with Crippen LogP contribution in [0.25, 0.3) is 0 Å². The number of carbonyl (C=O) groups is 2. The second-order valence-corrected chi connectivity index (χ2v) is 12.3. The zero-order valence-corrected chi connectivity index (χ0v) is 27.3. The number of aromatic nitrogens is 2. The van der Waals surface area contributed by atoms with Crippen LogP contribution < -0.4 is 0 Å². The molecule has 1 amide bonds. The summed E-state index contributed by atoms with van der Waals surface area (Å²) in [4.78, 5) is 35.3. The Morgan fingerprint density at radius 3 is 2.20 bits per heavy atom. The molecule has 2 aliphatic heterocycles. The van der Waals surface area contributed by atoms with Crippen molar-refractivity contribution in [2.24, 2.45) is 0 Å². The molecule has 3 N–H and O–H groups in total. The zero-order valence-electron chi connectivity index (χ0n) is 25.8. The highest BCUT2D eigenvalue weighted by molar-refractivity contribution is 6.30. The SMILES string of the molecule is CC(O)C(=O)O.CCC(O)(c1cc(F)c2c(c1)C(=O)N(Cc1ncc(Cl)cn1)[C@@]2(OC)c1ccc(Cl)cc1)C1(F)CCN(C)CC1. The van der Waals surface area contributed by atoms with Gasteiger partial charge < -0.3 is 25.0 Å². The Hall–Kier alpha value is -3.26. The zero-order chi connectivity index (χ0) is 34.0. The largest absolute Gasteiger partial charge is 0.479 e. The average Bonchev–Trinajstić information content (AvgIpc) is 3.27. The molecule has 3 atom stereocenters. The number of benzene rings is 2. The number of aliphatic carboxylic acids is 1. The Labute approximate surface area is 275 Å². The van der Waals surface area contributed by atoms with E-state index in [2.05, 4.69) is 9.97 Å². The third kappa shape index (κ3) is 6.47. The minimum Gasteiger partial charge on any atom is -0.479 e. The number of methoxy groups -OCH3 is 1. The van der Waals surface area contributed by atoms with Crippen LogP contribution in [0.3, 0.4) is 0 Å². The van der Waals surface area contributed by atoms with Crippen LogP contribution in [0.2, 0.25) is 10.0 Å². The van der Waals surface area contributed by atoms with E-state index >= 15 is 8.78 Å². The first-order valence-corrected chi connectivity index (χ1v) is 15.3. The maximum absolute atomic E-state index is 16.4. The van der Waals surface area contributed by atoms with Crippen molar-refractivity contribution < 1.29 is 38.4 Å². The molecule has 46 heavy (non-hydrogen) atoms. The van der Waals surface area contributed by atoms with Crippen LogP contribution >= 0.6 is 23.2 Å². The summed E-state index contributed by atoms with van der Waals surface area (Å²) in [5.41, 5.74) is -5.35. The van der Waals surface area contributed by atoms with Gasteiger partial charge in [-0.15, -0.1) is 0 Å². The number of amides is 1. The monoisotopic (exact) mass is 680 g/mol. The quantitative estimate of drug-likeness (QED) is 0.303. The van der Waals surface area contributed by atoms with E-state index in [1.807, 2.05) is 11.9 Å². The molecule has 3 aromatic rings. The molecule has 10 nitrogen and oxygen atoms in total. The normalized spacial score (nSPS) is 21.2. The minimum atomic E-state index is -2.01. The first-order chi connectivity index (χ1) is 21.6. The van der Waals surface area contributed by atoms with Crippen LogP contribution in [0, 0.1) is 5.82 Å². The summed E-state index contributed by atoms with van der Waals surface area (Å²) >= 11 is 12.1. The molecular formula is C32H36Cl2F2N4O6. The third-order valence-corrected chi connectivity index (χ3v) is 9.10. The molecule has 1 fully saturated rings. The second-order valence-electron chi connectivity index (χ2n) is 11.4. The average molecular weight is 682 g/mol. The highest BCUT2D eigenvalue weighted by Crippen LogP contribution is 2.51. The van der Waals surface area contributed by atoms with Crippen molar-refractivity contribution in [3.05, 3.63) is 92.7 Å². The summed E-state index contributed by atoms with van der Waals surface area (Å²) < 4.78 is 38.8. The fourth-order valence-corrected chi connectivity index (χ4v) is 6.22. The predicted octanol–water partition coefficient (Wildman–Crippen LogP) is 4.91. The minimum absolute atomic E-state index is 0.00539. The molecule has 2 aromatic carbocycles. The molecule has 0 saturated carbocycles. The van der Waals surface area contributed by atoms with Gasteiger partial charge >= 0.3 is 5.97 Å². The summed E-state index contributed by atoms with van der Waals surface area (Å²) in [6.45, 7) is 3.60. The van der Waals surface area contributed by atoms with Gasteiger partial charge in [0.05, 0.1) is 22.7 Å². The van der Waals surface area contributed by atoms with E-state index in [-0.39, 0.29) is 48.3 Å². The van der Waals surface area contributed by atoms with Crippen molar-refractivity contribution in [3.8, 4) is 0 Å². The molecule has 0 radical (unpaired) electrons. The highest BCUT2D eigenvalue weighted by Gasteiger charge is 2.57. The maximum atomic E-state index is 16.4. The van der Waals surface area contributed by atoms with Gasteiger partial charge in [-0.25, -0.2) is 23.5 Å². The van der Waals surface area contributed by atoms with Crippen molar-refractivity contribution in [2.45, 2.75) is 62.8 Å². The first kappa shape index (κ1) is 35.6. The second kappa shape index (κ2) is 13.8. The van der Waals surface area contributed by atoms with Gasteiger partial charge in [0.15, 0.2) is 5.72 Å². The topological polar surface area (TPSA) is 136 Å². The number of likely N-dealkylation sites (tertiary alicyclic amines) is 1. The standard InChI is InChI=1S/C29H30Cl2F2N4O3.C3H6O3/c1-4-28(39,27(33)9-11-36(2)12-10-27)19-13-22-25(23(32)14-19)29(40-3,18-5-7-20(30)8-6-18)37(26(22)38)17-24-34-15-21(31)16-35-24;1-2(4)3(5)6/h5-8,13-16,39H,4,9-12,17H2,1-3H3;2,4H,1H3,(H,5,6)/t28?,29-;/m1./s1. The molecule has 1 aromatic heterocycles. The van der Waals surface area contributed by atoms with Gasteiger partial charge in [0.25, 0.3) is 5.91 Å². The van der Waals surface area contributed by atoms with E-state index in [0.717, 1.165) is 6.07 Å². The lowest BCUT2D eigenvalue weighted by atomic mass is 9.71. The summed E-state index contributed by atoms with van der Waals surface area (Å²) in [7, 11) is 3.26. The van der Waals surface area contributed by atoms with E-state index in [1.165, 1.54) is 37.4 Å². The van der Waals surface area contributed by atoms with Crippen molar-refractivity contribution in [3.63, 3.8) is 0 Å². The number of alkyl halides is 1. The van der Waals surface area contributed by atoms with E-state index in [9.17, 15) is 14.7 Å². The summed E-state index contributed by atoms with van der Waals surface area (Å²) in [5.74, 6) is -2.32. The smallest absolute Gasteiger partial charge is 0.332 e. The van der Waals surface area contributed by atoms with Crippen molar-refractivity contribution in [2.75, 3.05) is 27.2 Å². The number of aliphatic hydroxyl groups is 2. The molecule has 14 heteroatoms. The Bertz CT molecular complexity index is 1570. The van der Waals surface area contributed by atoms with Crippen LogP contribution in [0.15, 0.2) is 48.8 Å². The number of piperidine rings is 1. The highest BCUT2D eigenvalue weighted by atomic mass is 35.5. The van der Waals surface area contributed by atoms with Crippen LogP contribution in [0.4, 0.5) is 8.78 Å². The van der Waals surface area contributed by atoms with Crippen molar-refractivity contribution in [1.82, 2.24) is 19.8 Å². The number of hydrogen-bond acceptors (Lipinski definition) is 8. The Morgan fingerprint density at radius 2 is 1.70 bits per heavy atom. The summed E-state index contributed by atoms with van der Waals surface area (Å²) in [6, 6.07) is 9.05. The van der Waals surface area contributed by atoms with Crippen molar-refractivity contribution in [1.29, 1.82) is 0 Å². The number of carbonyl (C=O) groups excluding carboxylic acids is 1. The summed E-state index contributed by atoms with van der Waals surface area (Å²) in [5, 5.41) is 28.3. The Balaban J connectivity index is 0.000000731. The molecule has 2 unspecified atom stereocenters. The predicted molar refractivity (Wildman–Crippen MR) is 167 cm³/mol. The molecule has 5 rings (SSSR count). The van der Waals surface area contributed by atoms with Gasteiger partial charge in [0, 0.05) is 43.2 Å². The lowest BCUT2D eigenvalue weighted by Crippen LogP contribution is -2.54. The van der Waals surface area contributed by atoms with Gasteiger partial charge in [-0.05, 0) is 63.1 Å². The molecule has 0 aliphatic carbocycles. The molecular weight excluding hydrogens is 645 g/mol. The van der Waals surface area contributed by atoms with Gasteiger partial charge in [0.1, 0.15) is 29.0 Å². The number of aliphatic hydroxyl groups excluding tert-OH is 1. The molecule has 0 bridgehead atoms. The van der Waals surface area contributed by atoms with Gasteiger partial charge in [-0.3, -0.25) is 9.69 Å². The number of hydrogen-bond donors (Lipinski definition) is 3. The molecule has 248 valence electrons. The van der Waals surface area contributed by atoms with E-state index < -0.39 is 40.8 Å². The van der Waals surface area contributed by atoms with Gasteiger partial charge in [0.2, 0.25) is 0 Å². The maximum Gasteiger partial charge on any atom is 0.332 e.